The van der Waals surface area contributed by atoms with Crippen LogP contribution in [0.4, 0.5) is 0 Å². The summed E-state index contributed by atoms with van der Waals surface area (Å²) in [5.74, 6) is -8.51. The summed E-state index contributed by atoms with van der Waals surface area (Å²) in [5.41, 5.74) is 16.9. The van der Waals surface area contributed by atoms with Crippen LogP contribution in [0.2, 0.25) is 0 Å². The van der Waals surface area contributed by atoms with E-state index in [0.717, 1.165) is 38.1 Å². The van der Waals surface area contributed by atoms with E-state index < -0.39 is 114 Å². The summed E-state index contributed by atoms with van der Waals surface area (Å²) < 4.78 is 0. The van der Waals surface area contributed by atoms with Crippen molar-refractivity contribution < 1.29 is 53.4 Å². The smallest absolute Gasteiger partial charge is 0.327 e. The molecule has 0 spiro atoms. The highest BCUT2D eigenvalue weighted by atomic mass is 33.1. The molecule has 0 bridgehead atoms. The summed E-state index contributed by atoms with van der Waals surface area (Å²) in [6.07, 6.45) is 0.411. The lowest BCUT2D eigenvalue weighted by atomic mass is 9.99. The van der Waals surface area contributed by atoms with Gasteiger partial charge in [0, 0.05) is 73.3 Å². The standard InChI is InChI=1S/C67H84N12O11S2/c1-40(2)70-36-46-28-26-45(27-29-46)34-55-65(87)79-58(41(3)80)66(88)77-54(33-44-21-11-6-12-22-44)63(85)78-57(67(89)90)39-92-91-38-49(69)59(81)72-51(25-15-16-30-68)60(82)73-52(31-42-17-7-4-8-18-42)61(83)74-53(32-43-19-9-5-10-20-43)62(84)76-56(64(86)75-55)35-47-37-71-50-24-14-13-23-48(47)50/h4-14,17-24,26-29,37,40-41,49,51-58,70-71,80H,15-16,25,30-36,38-39,68-69H2,1-3H3,(H,72,81)(H,73,82)(H,74,83)(H,75,86)(H,76,84)(H,77,88)(H,78,85)(H,79,87)(H,89,90)/t41-,49+,51+,52+,53+,54+,55+,56-,57+,58+/m1/s1. The molecule has 0 unspecified atom stereocenters. The highest BCUT2D eigenvalue weighted by Crippen LogP contribution is 2.24. The van der Waals surface area contributed by atoms with Crippen molar-refractivity contribution in [1.82, 2.24) is 52.8 Å². The number of carboxylic acids is 1. The van der Waals surface area contributed by atoms with Gasteiger partial charge >= 0.3 is 5.97 Å². The number of benzene rings is 5. The van der Waals surface area contributed by atoms with Crippen LogP contribution in [0, 0.1) is 0 Å². The van der Waals surface area contributed by atoms with Gasteiger partial charge in [0.15, 0.2) is 0 Å². The third kappa shape index (κ3) is 22.1. The number of aliphatic hydroxyl groups excluding tert-OH is 1. The van der Waals surface area contributed by atoms with E-state index in [1.165, 1.54) is 6.92 Å². The number of hydrogen-bond donors (Lipinski definition) is 14. The first kappa shape index (κ1) is 70.9. The Balaban J connectivity index is 1.31. The molecule has 490 valence electrons. The lowest BCUT2D eigenvalue weighted by Crippen LogP contribution is -2.62. The molecule has 23 nitrogen and oxygen atoms in total. The molecule has 1 aromatic heterocycles. The van der Waals surface area contributed by atoms with E-state index in [1.54, 1.807) is 109 Å². The molecule has 25 heteroatoms. The fourth-order valence-corrected chi connectivity index (χ4v) is 12.6. The zero-order valence-electron chi connectivity index (χ0n) is 51.7. The normalized spacial score (nSPS) is 22.8. The van der Waals surface area contributed by atoms with E-state index in [9.17, 15) is 34.2 Å². The lowest BCUT2D eigenvalue weighted by Gasteiger charge is -2.29. The highest BCUT2D eigenvalue weighted by molar-refractivity contribution is 8.76. The number of nitrogens with two attached hydrogens (primary N) is 2. The van der Waals surface area contributed by atoms with E-state index in [0.29, 0.717) is 47.2 Å². The number of unbranched alkanes of at least 4 members (excludes halogenated alkanes) is 1. The third-order valence-corrected chi connectivity index (χ3v) is 17.9. The first-order valence-corrected chi connectivity index (χ1v) is 33.3. The van der Waals surface area contributed by atoms with Crippen LogP contribution in [-0.2, 0) is 81.8 Å². The molecule has 1 saturated heterocycles. The van der Waals surface area contributed by atoms with Crippen LogP contribution in [0.5, 0.6) is 0 Å². The molecule has 10 atom stereocenters. The summed E-state index contributed by atoms with van der Waals surface area (Å²) >= 11 is 0. The van der Waals surface area contributed by atoms with Gasteiger partial charge in [-0.05, 0) is 72.2 Å². The number of aliphatic hydroxyl groups is 1. The van der Waals surface area contributed by atoms with Gasteiger partial charge in [-0.3, -0.25) is 38.4 Å². The summed E-state index contributed by atoms with van der Waals surface area (Å²) in [6, 6.07) is 28.1. The van der Waals surface area contributed by atoms with E-state index in [2.05, 4.69) is 52.8 Å². The number of aromatic amines is 1. The highest BCUT2D eigenvalue weighted by Gasteiger charge is 2.37. The van der Waals surface area contributed by atoms with Crippen molar-refractivity contribution in [2.75, 3.05) is 18.1 Å². The lowest BCUT2D eigenvalue weighted by molar-refractivity contribution is -0.141. The van der Waals surface area contributed by atoms with Crippen LogP contribution in [0.3, 0.4) is 0 Å². The number of aromatic nitrogens is 1. The number of para-hydroxylation sites is 1. The average molecular weight is 1300 g/mol. The summed E-state index contributed by atoms with van der Waals surface area (Å²) in [6.45, 7) is 6.10. The fourth-order valence-electron chi connectivity index (χ4n) is 10.3. The molecule has 1 aliphatic rings. The number of nitrogens with one attached hydrogen (secondary N) is 10. The molecule has 1 aliphatic heterocycles. The fraction of sp³-hybridized carbons (Fsp3) is 0.388. The number of fused-ring (bicyclic) bond motifs is 1. The number of aliphatic carboxylic acids is 1. The second-order valence-corrected chi connectivity index (χ2v) is 25.7. The number of H-pyrrole nitrogens is 1. The maximum Gasteiger partial charge on any atom is 0.327 e. The first-order chi connectivity index (χ1) is 44.2. The van der Waals surface area contributed by atoms with Crippen LogP contribution < -0.4 is 59.3 Å². The van der Waals surface area contributed by atoms with E-state index in [-0.39, 0.29) is 62.6 Å². The topological polar surface area (TPSA) is 370 Å². The molecular formula is C67H84N12O11S2. The minimum atomic E-state index is -1.77. The Hall–Kier alpha value is -8.59. The second-order valence-electron chi connectivity index (χ2n) is 23.1. The number of carbonyl (C=O) groups is 9. The van der Waals surface area contributed by atoms with E-state index in [1.807, 2.05) is 50.2 Å². The SMILES string of the molecule is CC(C)NCc1ccc(C[C@@H]2NC(=O)[C@@H](Cc3c[nH]c4ccccc34)NC(=O)[C@H](Cc3ccccc3)NC(=O)[C@H](Cc3ccccc3)NC(=O)[C@H](CCCCN)NC(=O)[C@@H](N)CSSC[C@@H](C(=O)O)NC(=O)[C@H](Cc3ccccc3)NC(=O)[C@H]([C@@H](C)O)NC2=O)cc1. The van der Waals surface area contributed by atoms with Gasteiger partial charge < -0.3 is 74.5 Å². The Kier molecular flexibility index (Phi) is 27.6. The molecule has 6 aromatic rings. The van der Waals surface area contributed by atoms with Gasteiger partial charge in [-0.25, -0.2) is 4.79 Å². The predicted octanol–water partition coefficient (Wildman–Crippen LogP) is 2.37. The van der Waals surface area contributed by atoms with E-state index >= 15 is 19.2 Å². The molecule has 2 heterocycles. The predicted molar refractivity (Wildman–Crippen MR) is 355 cm³/mol. The van der Waals surface area contributed by atoms with Gasteiger partial charge in [0.1, 0.15) is 48.3 Å². The van der Waals surface area contributed by atoms with Gasteiger partial charge in [0.2, 0.25) is 47.3 Å². The molecular weight excluding hydrogens is 1210 g/mol. The third-order valence-electron chi connectivity index (χ3n) is 15.4. The molecule has 92 heavy (non-hydrogen) atoms. The van der Waals surface area contributed by atoms with Crippen molar-refractivity contribution in [3.8, 4) is 0 Å². The number of carbonyl (C=O) groups excluding carboxylic acids is 8. The largest absolute Gasteiger partial charge is 0.480 e. The van der Waals surface area contributed by atoms with E-state index in [4.69, 9.17) is 11.5 Å². The van der Waals surface area contributed by atoms with Crippen molar-refractivity contribution in [2.24, 2.45) is 11.5 Å². The van der Waals surface area contributed by atoms with Gasteiger partial charge in [0.05, 0.1) is 12.1 Å². The van der Waals surface area contributed by atoms with Gasteiger partial charge in [0.25, 0.3) is 0 Å². The van der Waals surface area contributed by atoms with Gasteiger partial charge in [-0.2, -0.15) is 0 Å². The summed E-state index contributed by atoms with van der Waals surface area (Å²) in [7, 11) is 2.03. The molecule has 0 saturated carbocycles. The second kappa shape index (κ2) is 35.9. The molecule has 1 fully saturated rings. The molecule has 0 aliphatic carbocycles. The van der Waals surface area contributed by atoms with Crippen LogP contribution in [0.1, 0.15) is 73.4 Å². The number of hydrogen-bond acceptors (Lipinski definition) is 15. The zero-order valence-corrected chi connectivity index (χ0v) is 53.4. The maximum absolute atomic E-state index is 15.4. The van der Waals surface area contributed by atoms with Crippen molar-refractivity contribution in [2.45, 2.75) is 145 Å². The quantitative estimate of drug-likeness (QED) is 0.0409. The molecule has 5 aromatic carbocycles. The Bertz CT molecular complexity index is 3420. The first-order valence-electron chi connectivity index (χ1n) is 30.8. The monoisotopic (exact) mass is 1300 g/mol. The minimum Gasteiger partial charge on any atom is -0.480 e. The summed E-state index contributed by atoms with van der Waals surface area (Å²) in [5, 5.41) is 47.7. The maximum atomic E-state index is 15.4. The Morgan fingerprint density at radius 3 is 1.40 bits per heavy atom. The molecule has 7 rings (SSSR count). The number of amides is 8. The van der Waals surface area contributed by atoms with Gasteiger partial charge in [-0.1, -0.05) is 169 Å². The Labute approximate surface area is 543 Å². The van der Waals surface area contributed by atoms with Gasteiger partial charge in [-0.15, -0.1) is 0 Å². The molecule has 16 N–H and O–H groups in total. The number of rotatable bonds is 19. The summed E-state index contributed by atoms with van der Waals surface area (Å²) in [4.78, 5) is 134. The van der Waals surface area contributed by atoms with Crippen molar-refractivity contribution in [3.63, 3.8) is 0 Å². The van der Waals surface area contributed by atoms with Crippen LogP contribution in [0.15, 0.2) is 146 Å². The van der Waals surface area contributed by atoms with Crippen LogP contribution >= 0.6 is 21.6 Å². The zero-order chi connectivity index (χ0) is 66.1. The Morgan fingerprint density at radius 1 is 0.500 bits per heavy atom. The average Bonchev–Trinajstić information content (AvgIpc) is 1.80. The minimum absolute atomic E-state index is 0.0649. The van der Waals surface area contributed by atoms with Crippen molar-refractivity contribution in [3.05, 3.63) is 179 Å². The number of carboxylic acid groups (broad SMARTS) is 1. The molecule has 8 amide bonds. The van der Waals surface area contributed by atoms with Crippen LogP contribution in [0.25, 0.3) is 10.9 Å². The van der Waals surface area contributed by atoms with Crippen molar-refractivity contribution >= 4 is 85.7 Å². The molecule has 0 radical (unpaired) electrons. The van der Waals surface area contributed by atoms with Crippen LogP contribution in [-0.4, -0.2) is 153 Å². The Morgan fingerprint density at radius 2 is 0.913 bits per heavy atom. The van der Waals surface area contributed by atoms with Crippen molar-refractivity contribution in [1.29, 1.82) is 0 Å².